The number of aromatic nitrogens is 2. The van der Waals surface area contributed by atoms with E-state index in [0.29, 0.717) is 15.4 Å². The summed E-state index contributed by atoms with van der Waals surface area (Å²) in [4.78, 5) is 23.9. The molecule has 3 rings (SSSR count). The van der Waals surface area contributed by atoms with Crippen LogP contribution in [0.15, 0.2) is 40.9 Å². The second-order valence-corrected chi connectivity index (χ2v) is 6.26. The number of hydrogen-bond acceptors (Lipinski definition) is 3. The van der Waals surface area contributed by atoms with Crippen LogP contribution in [0.4, 0.5) is 4.39 Å². The Balaban J connectivity index is 1.74. The fraction of sp³-hybridized carbons (Fsp3) is 0.118. The van der Waals surface area contributed by atoms with E-state index in [1.807, 2.05) is 0 Å². The lowest BCUT2D eigenvalue weighted by atomic mass is 10.1. The number of halogens is 2. The lowest BCUT2D eigenvalue weighted by Gasteiger charge is -2.06. The van der Waals surface area contributed by atoms with Crippen LogP contribution < -0.4 is 10.6 Å². The van der Waals surface area contributed by atoms with E-state index in [9.17, 15) is 14.0 Å². The summed E-state index contributed by atoms with van der Waals surface area (Å²) in [5.74, 6) is -1.08. The van der Waals surface area contributed by atoms with Gasteiger partial charge in [0.15, 0.2) is 5.82 Å². The van der Waals surface area contributed by atoms with E-state index in [1.165, 1.54) is 6.07 Å². The summed E-state index contributed by atoms with van der Waals surface area (Å²) in [7, 11) is 1.56. The number of benzene rings is 2. The molecule has 0 aliphatic heterocycles. The average Bonchev–Trinajstić information content (AvgIpc) is 3.03. The monoisotopic (exact) mass is 404 g/mol. The number of rotatable bonds is 4. The Hall–Kier alpha value is -2.74. The first kappa shape index (κ1) is 17.1. The molecule has 3 N–H and O–H groups in total. The van der Waals surface area contributed by atoms with E-state index in [4.69, 9.17) is 0 Å². The molecule has 0 spiro atoms. The molecule has 8 heteroatoms. The SMILES string of the molecule is CNC(=O)c1ccc(CNC(=O)c2[nH]nc3c(F)cc(Br)cc23)cc1. The van der Waals surface area contributed by atoms with Crippen molar-refractivity contribution >= 4 is 38.6 Å². The molecule has 0 aliphatic carbocycles. The fourth-order valence-electron chi connectivity index (χ4n) is 2.40. The van der Waals surface area contributed by atoms with Crippen LogP contribution in [0.2, 0.25) is 0 Å². The predicted molar refractivity (Wildman–Crippen MR) is 94.8 cm³/mol. The molecule has 0 bridgehead atoms. The third-order valence-electron chi connectivity index (χ3n) is 3.70. The lowest BCUT2D eigenvalue weighted by Crippen LogP contribution is -2.23. The van der Waals surface area contributed by atoms with Crippen LogP contribution >= 0.6 is 15.9 Å². The molecule has 3 aromatic rings. The van der Waals surface area contributed by atoms with Gasteiger partial charge in [-0.15, -0.1) is 0 Å². The summed E-state index contributed by atoms with van der Waals surface area (Å²) in [6, 6.07) is 9.79. The molecule has 0 saturated carbocycles. The van der Waals surface area contributed by atoms with Gasteiger partial charge in [-0.05, 0) is 29.8 Å². The van der Waals surface area contributed by atoms with Gasteiger partial charge in [-0.25, -0.2) is 4.39 Å². The molecular formula is C17H14BrFN4O2. The smallest absolute Gasteiger partial charge is 0.270 e. The van der Waals surface area contributed by atoms with Crippen molar-refractivity contribution in [3.05, 3.63) is 63.5 Å². The standard InChI is InChI=1S/C17H14BrFN4O2/c1-20-16(24)10-4-2-9(3-5-10)8-21-17(25)15-12-6-11(18)7-13(19)14(12)22-23-15/h2-7H,8H2,1H3,(H,20,24)(H,21,25)(H,22,23). The maximum absolute atomic E-state index is 13.8. The summed E-state index contributed by atoms with van der Waals surface area (Å²) in [6.07, 6.45) is 0. The van der Waals surface area contributed by atoms with E-state index in [1.54, 1.807) is 37.4 Å². The van der Waals surface area contributed by atoms with Crippen molar-refractivity contribution in [1.82, 2.24) is 20.8 Å². The van der Waals surface area contributed by atoms with Gasteiger partial charge in [-0.2, -0.15) is 5.10 Å². The molecule has 25 heavy (non-hydrogen) atoms. The first-order valence-electron chi connectivity index (χ1n) is 7.42. The number of carbonyl (C=O) groups is 2. The number of amides is 2. The van der Waals surface area contributed by atoms with Crippen LogP contribution in [-0.2, 0) is 6.54 Å². The normalized spacial score (nSPS) is 10.7. The van der Waals surface area contributed by atoms with Crippen molar-refractivity contribution < 1.29 is 14.0 Å². The largest absolute Gasteiger partial charge is 0.355 e. The van der Waals surface area contributed by atoms with Gasteiger partial charge >= 0.3 is 0 Å². The van der Waals surface area contributed by atoms with Crippen LogP contribution in [-0.4, -0.2) is 29.1 Å². The quantitative estimate of drug-likeness (QED) is 0.624. The summed E-state index contributed by atoms with van der Waals surface area (Å²) in [5.41, 5.74) is 1.68. The van der Waals surface area contributed by atoms with E-state index in [-0.39, 0.29) is 23.7 Å². The highest BCUT2D eigenvalue weighted by molar-refractivity contribution is 9.10. The summed E-state index contributed by atoms with van der Waals surface area (Å²) in [6.45, 7) is 0.268. The minimum Gasteiger partial charge on any atom is -0.355 e. The first-order valence-corrected chi connectivity index (χ1v) is 8.21. The highest BCUT2D eigenvalue weighted by Crippen LogP contribution is 2.24. The van der Waals surface area contributed by atoms with E-state index in [2.05, 4.69) is 36.8 Å². The van der Waals surface area contributed by atoms with Crippen molar-refractivity contribution in [2.45, 2.75) is 6.54 Å². The minimum atomic E-state index is -0.510. The molecule has 0 aliphatic rings. The molecule has 2 amide bonds. The van der Waals surface area contributed by atoms with Crippen molar-refractivity contribution in [2.24, 2.45) is 0 Å². The number of nitrogens with zero attached hydrogens (tertiary/aromatic N) is 1. The second-order valence-electron chi connectivity index (χ2n) is 5.34. The molecule has 6 nitrogen and oxygen atoms in total. The Morgan fingerprint density at radius 2 is 1.92 bits per heavy atom. The van der Waals surface area contributed by atoms with Gasteiger partial charge in [0.2, 0.25) is 0 Å². The zero-order valence-electron chi connectivity index (χ0n) is 13.2. The number of fused-ring (bicyclic) bond motifs is 1. The number of hydrogen-bond donors (Lipinski definition) is 3. The third kappa shape index (κ3) is 3.53. The van der Waals surface area contributed by atoms with Gasteiger partial charge in [-0.3, -0.25) is 14.7 Å². The van der Waals surface area contributed by atoms with E-state index in [0.717, 1.165) is 5.56 Å². The van der Waals surface area contributed by atoms with E-state index >= 15 is 0 Å². The van der Waals surface area contributed by atoms with Gasteiger partial charge in [0, 0.05) is 29.0 Å². The Bertz CT molecular complexity index is 953. The summed E-state index contributed by atoms with van der Waals surface area (Å²) in [5, 5.41) is 12.1. The van der Waals surface area contributed by atoms with Gasteiger partial charge in [0.05, 0.1) is 0 Å². The number of carbonyl (C=O) groups excluding carboxylic acids is 2. The Labute approximate surface area is 150 Å². The Kier molecular flexibility index (Phi) is 4.80. The number of aromatic amines is 1. The molecule has 1 heterocycles. The van der Waals surface area contributed by atoms with E-state index < -0.39 is 11.7 Å². The molecule has 2 aromatic carbocycles. The minimum absolute atomic E-state index is 0.114. The number of H-pyrrole nitrogens is 1. The third-order valence-corrected chi connectivity index (χ3v) is 4.16. The van der Waals surface area contributed by atoms with Crippen LogP contribution in [0.3, 0.4) is 0 Å². The molecule has 0 saturated heterocycles. The first-order chi connectivity index (χ1) is 12.0. The highest BCUT2D eigenvalue weighted by Gasteiger charge is 2.16. The van der Waals surface area contributed by atoms with Crippen LogP contribution in [0.25, 0.3) is 10.9 Å². The summed E-state index contributed by atoms with van der Waals surface area (Å²) < 4.78 is 14.4. The van der Waals surface area contributed by atoms with Crippen molar-refractivity contribution in [3.8, 4) is 0 Å². The molecule has 1 aromatic heterocycles. The molecule has 128 valence electrons. The zero-order valence-corrected chi connectivity index (χ0v) is 14.8. The summed E-state index contributed by atoms with van der Waals surface area (Å²) >= 11 is 3.21. The Morgan fingerprint density at radius 3 is 2.60 bits per heavy atom. The Morgan fingerprint density at radius 1 is 1.20 bits per heavy atom. The molecular weight excluding hydrogens is 391 g/mol. The molecule has 0 fully saturated rings. The van der Waals surface area contributed by atoms with Crippen LogP contribution in [0.5, 0.6) is 0 Å². The number of nitrogens with one attached hydrogen (secondary N) is 3. The fourth-order valence-corrected chi connectivity index (χ4v) is 2.83. The predicted octanol–water partition coefficient (Wildman–Crippen LogP) is 2.75. The second kappa shape index (κ2) is 7.02. The van der Waals surface area contributed by atoms with Crippen molar-refractivity contribution in [2.75, 3.05) is 7.05 Å². The van der Waals surface area contributed by atoms with Crippen molar-refractivity contribution in [3.63, 3.8) is 0 Å². The molecule has 0 unspecified atom stereocenters. The zero-order chi connectivity index (χ0) is 18.0. The highest BCUT2D eigenvalue weighted by atomic mass is 79.9. The maximum Gasteiger partial charge on any atom is 0.270 e. The van der Waals surface area contributed by atoms with Crippen LogP contribution in [0.1, 0.15) is 26.4 Å². The van der Waals surface area contributed by atoms with Gasteiger partial charge in [-0.1, -0.05) is 28.1 Å². The van der Waals surface area contributed by atoms with Gasteiger partial charge in [0.25, 0.3) is 11.8 Å². The molecule has 0 atom stereocenters. The topological polar surface area (TPSA) is 86.9 Å². The molecule has 0 radical (unpaired) electrons. The average molecular weight is 405 g/mol. The maximum atomic E-state index is 13.8. The van der Waals surface area contributed by atoms with Crippen molar-refractivity contribution in [1.29, 1.82) is 0 Å². The van der Waals surface area contributed by atoms with Gasteiger partial charge < -0.3 is 10.6 Å². The van der Waals surface area contributed by atoms with Gasteiger partial charge in [0.1, 0.15) is 11.2 Å². The van der Waals surface area contributed by atoms with Crippen LogP contribution in [0, 0.1) is 5.82 Å². The lowest BCUT2D eigenvalue weighted by molar-refractivity contribution is 0.0943.